The van der Waals surface area contributed by atoms with Crippen molar-refractivity contribution in [2.24, 2.45) is 0 Å². The lowest BCUT2D eigenvalue weighted by Gasteiger charge is -2.07. The van der Waals surface area contributed by atoms with Gasteiger partial charge in [0.15, 0.2) is 0 Å². The van der Waals surface area contributed by atoms with E-state index in [1.54, 1.807) is 6.07 Å². The Morgan fingerprint density at radius 3 is 2.56 bits per heavy atom. The first-order valence-electron chi connectivity index (χ1n) is 5.71. The number of nitriles is 2. The van der Waals surface area contributed by atoms with E-state index in [-0.39, 0.29) is 17.7 Å². The second kappa shape index (κ2) is 6.36. The molecule has 1 aromatic carbocycles. The van der Waals surface area contributed by atoms with Crippen molar-refractivity contribution in [3.63, 3.8) is 0 Å². The van der Waals surface area contributed by atoms with Crippen LogP contribution < -0.4 is 0 Å². The van der Waals surface area contributed by atoms with Crippen LogP contribution in [0.3, 0.4) is 0 Å². The number of unbranched alkanes of at least 4 members (excludes halogenated alkanes) is 1. The number of benzene rings is 1. The first-order valence-corrected chi connectivity index (χ1v) is 5.71. The Balaban J connectivity index is 3.29. The van der Waals surface area contributed by atoms with Crippen molar-refractivity contribution in [3.05, 3.63) is 38.9 Å². The van der Waals surface area contributed by atoms with Crippen LogP contribution in [0.4, 0.5) is 5.69 Å². The molecule has 0 fully saturated rings. The third-order valence-electron chi connectivity index (χ3n) is 2.70. The third kappa shape index (κ3) is 3.05. The van der Waals surface area contributed by atoms with Gasteiger partial charge in [-0.15, -0.1) is 0 Å². The normalized spacial score (nSPS) is 9.50. The highest BCUT2D eigenvalue weighted by Gasteiger charge is 2.17. The lowest BCUT2D eigenvalue weighted by atomic mass is 9.96. The predicted molar refractivity (Wildman–Crippen MR) is 65.7 cm³/mol. The van der Waals surface area contributed by atoms with Crippen molar-refractivity contribution in [3.8, 4) is 12.1 Å². The number of nitro groups is 1. The summed E-state index contributed by atoms with van der Waals surface area (Å²) in [5.41, 5.74) is 1.35. The maximum absolute atomic E-state index is 10.8. The topological polar surface area (TPSA) is 90.7 Å². The molecule has 0 aliphatic rings. The number of hydrogen-bond acceptors (Lipinski definition) is 4. The van der Waals surface area contributed by atoms with Crippen molar-refractivity contribution in [1.29, 1.82) is 10.5 Å². The van der Waals surface area contributed by atoms with E-state index in [1.165, 1.54) is 6.07 Å². The Labute approximate surface area is 105 Å². The molecule has 0 heterocycles. The molecule has 0 atom stereocenters. The molecule has 0 saturated heterocycles. The fourth-order valence-corrected chi connectivity index (χ4v) is 1.77. The summed E-state index contributed by atoms with van der Waals surface area (Å²) in [4.78, 5) is 10.3. The number of nitro benzene ring substituents is 1. The minimum atomic E-state index is -0.580. The van der Waals surface area contributed by atoms with Gasteiger partial charge in [-0.25, -0.2) is 0 Å². The van der Waals surface area contributed by atoms with Gasteiger partial charge in [0, 0.05) is 6.07 Å². The van der Waals surface area contributed by atoms with Gasteiger partial charge in [0.05, 0.1) is 17.4 Å². The van der Waals surface area contributed by atoms with Gasteiger partial charge in [-0.1, -0.05) is 13.3 Å². The predicted octanol–water partition coefficient (Wildman–Crippen LogP) is 2.88. The molecule has 5 nitrogen and oxygen atoms in total. The molecule has 5 heteroatoms. The van der Waals surface area contributed by atoms with Gasteiger partial charge in [0.25, 0.3) is 5.69 Å². The average Bonchev–Trinajstić information content (AvgIpc) is 2.36. The van der Waals surface area contributed by atoms with Crippen LogP contribution in [0.2, 0.25) is 0 Å². The molecule has 0 radical (unpaired) electrons. The summed E-state index contributed by atoms with van der Waals surface area (Å²) in [6, 6.07) is 6.73. The molecule has 0 unspecified atom stereocenters. The average molecular weight is 243 g/mol. The molecule has 0 aromatic heterocycles. The van der Waals surface area contributed by atoms with E-state index in [2.05, 4.69) is 0 Å². The largest absolute Gasteiger partial charge is 0.287 e. The minimum Gasteiger partial charge on any atom is -0.258 e. The zero-order valence-corrected chi connectivity index (χ0v) is 10.1. The number of nitrogens with zero attached hydrogens (tertiary/aromatic N) is 3. The molecule has 0 N–H and O–H groups in total. The van der Waals surface area contributed by atoms with Gasteiger partial charge in [-0.05, 0) is 30.0 Å². The van der Waals surface area contributed by atoms with Gasteiger partial charge < -0.3 is 0 Å². The molecule has 0 aliphatic carbocycles. The van der Waals surface area contributed by atoms with E-state index >= 15 is 0 Å². The van der Waals surface area contributed by atoms with Crippen LogP contribution in [0.25, 0.3) is 0 Å². The Kier molecular flexibility index (Phi) is 4.83. The van der Waals surface area contributed by atoms with Crippen LogP contribution in [0.1, 0.15) is 36.5 Å². The summed E-state index contributed by atoms with van der Waals surface area (Å²) >= 11 is 0. The van der Waals surface area contributed by atoms with Crippen LogP contribution in [-0.2, 0) is 12.8 Å². The van der Waals surface area contributed by atoms with Crippen molar-refractivity contribution in [1.82, 2.24) is 0 Å². The standard InChI is InChI=1S/C13H13N3O2/c1-2-3-4-10-7-12(9-15)13(16(17)18)8-11(10)5-6-14/h7-8H,2-5H2,1H3. The van der Waals surface area contributed by atoms with Gasteiger partial charge >= 0.3 is 0 Å². The van der Waals surface area contributed by atoms with Gasteiger partial charge in [-0.2, -0.15) is 10.5 Å². The second-order valence-corrected chi connectivity index (χ2v) is 3.95. The molecule has 1 aromatic rings. The lowest BCUT2D eigenvalue weighted by Crippen LogP contribution is -2.00. The molecule has 0 spiro atoms. The Morgan fingerprint density at radius 2 is 2.06 bits per heavy atom. The summed E-state index contributed by atoms with van der Waals surface area (Å²) < 4.78 is 0. The van der Waals surface area contributed by atoms with Crippen LogP contribution in [0.15, 0.2) is 12.1 Å². The maximum Gasteiger partial charge on any atom is 0.287 e. The van der Waals surface area contributed by atoms with Crippen molar-refractivity contribution >= 4 is 5.69 Å². The first-order chi connectivity index (χ1) is 8.63. The Morgan fingerprint density at radius 1 is 1.33 bits per heavy atom. The Hall–Kier alpha value is -2.40. The third-order valence-corrected chi connectivity index (χ3v) is 2.70. The molecule has 18 heavy (non-hydrogen) atoms. The fourth-order valence-electron chi connectivity index (χ4n) is 1.77. The lowest BCUT2D eigenvalue weighted by molar-refractivity contribution is -0.385. The zero-order valence-electron chi connectivity index (χ0n) is 10.1. The van der Waals surface area contributed by atoms with E-state index < -0.39 is 4.92 Å². The molecule has 0 bridgehead atoms. The quantitative estimate of drug-likeness (QED) is 0.587. The fraction of sp³-hybridized carbons (Fsp3) is 0.385. The summed E-state index contributed by atoms with van der Waals surface area (Å²) in [5, 5.41) is 28.5. The second-order valence-electron chi connectivity index (χ2n) is 3.95. The Bertz CT molecular complexity index is 538. The molecule has 0 amide bonds. The highest BCUT2D eigenvalue weighted by molar-refractivity contribution is 5.54. The molecular weight excluding hydrogens is 230 g/mol. The van der Waals surface area contributed by atoms with E-state index in [0.717, 1.165) is 24.8 Å². The van der Waals surface area contributed by atoms with Crippen LogP contribution in [0, 0.1) is 32.8 Å². The summed E-state index contributed by atoms with van der Waals surface area (Å²) in [5.74, 6) is 0. The molecule has 0 aliphatic heterocycles. The van der Waals surface area contributed by atoms with Gasteiger partial charge in [0.1, 0.15) is 11.6 Å². The molecule has 1 rings (SSSR count). The highest BCUT2D eigenvalue weighted by Crippen LogP contribution is 2.24. The van der Waals surface area contributed by atoms with Crippen molar-refractivity contribution < 1.29 is 4.92 Å². The summed E-state index contributed by atoms with van der Waals surface area (Å²) in [6.45, 7) is 2.04. The maximum atomic E-state index is 10.8. The number of hydrogen-bond donors (Lipinski definition) is 0. The smallest absolute Gasteiger partial charge is 0.258 e. The SMILES string of the molecule is CCCCc1cc(C#N)c([N+](=O)[O-])cc1CC#N. The van der Waals surface area contributed by atoms with Gasteiger partial charge in [0.2, 0.25) is 0 Å². The first kappa shape index (κ1) is 13.7. The number of aryl methyl sites for hydroxylation is 1. The van der Waals surface area contributed by atoms with E-state index in [9.17, 15) is 10.1 Å². The van der Waals surface area contributed by atoms with Gasteiger partial charge in [-0.3, -0.25) is 10.1 Å². The summed E-state index contributed by atoms with van der Waals surface area (Å²) in [6.07, 6.45) is 2.79. The van der Waals surface area contributed by atoms with E-state index in [0.29, 0.717) is 5.56 Å². The monoisotopic (exact) mass is 243 g/mol. The number of rotatable bonds is 5. The van der Waals surface area contributed by atoms with Crippen molar-refractivity contribution in [2.75, 3.05) is 0 Å². The summed E-state index contributed by atoms with van der Waals surface area (Å²) in [7, 11) is 0. The molecule has 92 valence electrons. The van der Waals surface area contributed by atoms with Crippen molar-refractivity contribution in [2.45, 2.75) is 32.6 Å². The zero-order chi connectivity index (χ0) is 13.5. The molecule has 0 saturated carbocycles. The van der Waals surface area contributed by atoms with Crippen LogP contribution >= 0.6 is 0 Å². The van der Waals surface area contributed by atoms with Crippen LogP contribution in [0.5, 0.6) is 0 Å². The van der Waals surface area contributed by atoms with E-state index in [4.69, 9.17) is 10.5 Å². The minimum absolute atomic E-state index is 0.0628. The van der Waals surface area contributed by atoms with Crippen LogP contribution in [-0.4, -0.2) is 4.92 Å². The molecular formula is C13H13N3O2. The highest BCUT2D eigenvalue weighted by atomic mass is 16.6. The van der Waals surface area contributed by atoms with E-state index in [1.807, 2.05) is 19.1 Å².